The molecule has 3 N–H and O–H groups in total. The molecule has 1 aliphatic heterocycles. The highest BCUT2D eigenvalue weighted by Crippen LogP contribution is 2.31. The Morgan fingerprint density at radius 2 is 2.10 bits per heavy atom. The summed E-state index contributed by atoms with van der Waals surface area (Å²) >= 11 is 0. The van der Waals surface area contributed by atoms with Crippen molar-refractivity contribution in [1.82, 2.24) is 9.88 Å². The second-order valence-corrected chi connectivity index (χ2v) is 5.32. The summed E-state index contributed by atoms with van der Waals surface area (Å²) < 4.78 is 0. The van der Waals surface area contributed by atoms with Crippen LogP contribution in [0, 0.1) is 0 Å². The summed E-state index contributed by atoms with van der Waals surface area (Å²) in [6, 6.07) is 11.7. The zero-order valence-electron chi connectivity index (χ0n) is 11.8. The second-order valence-electron chi connectivity index (χ2n) is 5.32. The Balaban J connectivity index is 1.71. The third kappa shape index (κ3) is 2.99. The van der Waals surface area contributed by atoms with Crippen LogP contribution in [0.15, 0.2) is 48.7 Å². The van der Waals surface area contributed by atoms with Gasteiger partial charge in [-0.15, -0.1) is 0 Å². The number of anilines is 1. The molecule has 0 spiro atoms. The van der Waals surface area contributed by atoms with Gasteiger partial charge in [0, 0.05) is 30.2 Å². The van der Waals surface area contributed by atoms with Gasteiger partial charge in [0.1, 0.15) is 0 Å². The molecule has 1 aromatic heterocycles. The zero-order chi connectivity index (χ0) is 14.7. The maximum Gasteiger partial charge on any atom is 0.247 e. The van der Waals surface area contributed by atoms with Crippen LogP contribution < -0.4 is 5.73 Å². The van der Waals surface area contributed by atoms with Crippen LogP contribution in [0.4, 0.5) is 5.69 Å². The highest BCUT2D eigenvalue weighted by Gasteiger charge is 2.29. The normalized spacial score (nSPS) is 18.5. The first kappa shape index (κ1) is 13.5. The van der Waals surface area contributed by atoms with Gasteiger partial charge in [0.15, 0.2) is 0 Å². The topological polar surface area (TPSA) is 62.1 Å². The molecule has 2 heterocycles. The van der Waals surface area contributed by atoms with Gasteiger partial charge >= 0.3 is 0 Å². The van der Waals surface area contributed by atoms with E-state index in [4.69, 9.17) is 5.73 Å². The van der Waals surface area contributed by atoms with Gasteiger partial charge in [0.05, 0.1) is 6.04 Å². The first-order chi connectivity index (χ1) is 10.2. The molecule has 108 valence electrons. The van der Waals surface area contributed by atoms with Crippen LogP contribution in [-0.2, 0) is 4.79 Å². The molecule has 1 aliphatic rings. The van der Waals surface area contributed by atoms with Gasteiger partial charge in [0.25, 0.3) is 0 Å². The molecule has 0 saturated carbocycles. The lowest BCUT2D eigenvalue weighted by Gasteiger charge is -2.22. The number of nitrogens with one attached hydrogen (secondary N) is 1. The molecule has 1 atom stereocenters. The number of aromatic amines is 1. The Hall–Kier alpha value is -2.49. The Bertz CT molecular complexity index is 629. The summed E-state index contributed by atoms with van der Waals surface area (Å²) in [4.78, 5) is 17.5. The average Bonchev–Trinajstić information content (AvgIpc) is 3.16. The summed E-state index contributed by atoms with van der Waals surface area (Å²) in [7, 11) is 0. The average molecular weight is 281 g/mol. The van der Waals surface area contributed by atoms with Crippen LogP contribution in [0.1, 0.15) is 30.1 Å². The largest absolute Gasteiger partial charge is 0.399 e. The lowest BCUT2D eigenvalue weighted by Crippen LogP contribution is -2.29. The highest BCUT2D eigenvalue weighted by atomic mass is 16.2. The van der Waals surface area contributed by atoms with Crippen LogP contribution in [0.5, 0.6) is 0 Å². The third-order valence-corrected chi connectivity index (χ3v) is 3.87. The van der Waals surface area contributed by atoms with Gasteiger partial charge in [-0.2, -0.15) is 0 Å². The number of H-pyrrole nitrogens is 1. The number of aromatic nitrogens is 1. The van der Waals surface area contributed by atoms with Crippen molar-refractivity contribution in [2.24, 2.45) is 0 Å². The maximum atomic E-state index is 12.4. The van der Waals surface area contributed by atoms with Gasteiger partial charge in [-0.1, -0.05) is 12.1 Å². The van der Waals surface area contributed by atoms with E-state index in [0.717, 1.165) is 36.3 Å². The number of nitrogens with zero attached hydrogens (tertiary/aromatic N) is 1. The Kier molecular flexibility index (Phi) is 3.77. The number of benzene rings is 1. The van der Waals surface area contributed by atoms with Crippen LogP contribution in [0.3, 0.4) is 0 Å². The number of nitrogen functional groups attached to an aromatic ring is 1. The number of rotatable bonds is 3. The summed E-state index contributed by atoms with van der Waals surface area (Å²) in [6.07, 6.45) is 7.45. The zero-order valence-corrected chi connectivity index (χ0v) is 11.8. The molecule has 0 bridgehead atoms. The number of hydrogen-bond donors (Lipinski definition) is 2. The van der Waals surface area contributed by atoms with E-state index < -0.39 is 0 Å². The van der Waals surface area contributed by atoms with Gasteiger partial charge in [-0.05, 0) is 48.7 Å². The number of likely N-dealkylation sites (tertiary alicyclic amines) is 1. The number of hydrogen-bond acceptors (Lipinski definition) is 2. The fourth-order valence-corrected chi connectivity index (χ4v) is 2.78. The minimum Gasteiger partial charge on any atom is -0.399 e. The quantitative estimate of drug-likeness (QED) is 0.671. The molecular formula is C17H19N3O. The van der Waals surface area contributed by atoms with Crippen molar-refractivity contribution in [3.8, 4) is 0 Å². The van der Waals surface area contributed by atoms with E-state index in [1.807, 2.05) is 53.6 Å². The molecule has 21 heavy (non-hydrogen) atoms. The molecule has 4 nitrogen and oxygen atoms in total. The van der Waals surface area contributed by atoms with E-state index in [-0.39, 0.29) is 11.9 Å². The number of carbonyl (C=O) groups excluding carboxylic acids is 1. The van der Waals surface area contributed by atoms with Crippen molar-refractivity contribution in [3.63, 3.8) is 0 Å². The number of amides is 1. The van der Waals surface area contributed by atoms with Crippen molar-refractivity contribution in [2.45, 2.75) is 18.9 Å². The van der Waals surface area contributed by atoms with Crippen LogP contribution in [-0.4, -0.2) is 22.3 Å². The first-order valence-corrected chi connectivity index (χ1v) is 7.21. The lowest BCUT2D eigenvalue weighted by atomic mass is 10.1. The van der Waals surface area contributed by atoms with E-state index in [9.17, 15) is 4.79 Å². The fraction of sp³-hybridized carbons (Fsp3) is 0.235. The molecule has 1 unspecified atom stereocenters. The molecule has 3 rings (SSSR count). The number of carbonyl (C=O) groups is 1. The van der Waals surface area contributed by atoms with E-state index in [1.54, 1.807) is 6.08 Å². The molecule has 0 radical (unpaired) electrons. The van der Waals surface area contributed by atoms with E-state index in [1.165, 1.54) is 0 Å². The second kappa shape index (κ2) is 5.87. The van der Waals surface area contributed by atoms with Crippen molar-refractivity contribution in [1.29, 1.82) is 0 Å². The lowest BCUT2D eigenvalue weighted by molar-refractivity contribution is -0.126. The van der Waals surface area contributed by atoms with Crippen LogP contribution in [0.2, 0.25) is 0 Å². The summed E-state index contributed by atoms with van der Waals surface area (Å²) in [5.41, 5.74) is 8.47. The molecule has 1 aromatic carbocycles. The summed E-state index contributed by atoms with van der Waals surface area (Å²) in [5, 5.41) is 0. The Morgan fingerprint density at radius 1 is 1.29 bits per heavy atom. The van der Waals surface area contributed by atoms with Crippen molar-refractivity contribution >= 4 is 17.7 Å². The minimum absolute atomic E-state index is 0.0592. The Morgan fingerprint density at radius 3 is 2.81 bits per heavy atom. The van der Waals surface area contributed by atoms with Gasteiger partial charge in [-0.25, -0.2) is 0 Å². The molecule has 2 aromatic rings. The maximum absolute atomic E-state index is 12.4. The van der Waals surface area contributed by atoms with Crippen molar-refractivity contribution < 1.29 is 4.79 Å². The predicted octanol–water partition coefficient (Wildman–Crippen LogP) is 2.97. The van der Waals surface area contributed by atoms with Crippen LogP contribution >= 0.6 is 0 Å². The smallest absolute Gasteiger partial charge is 0.247 e. The van der Waals surface area contributed by atoms with E-state index in [0.29, 0.717) is 0 Å². The van der Waals surface area contributed by atoms with E-state index >= 15 is 0 Å². The molecule has 4 heteroatoms. The van der Waals surface area contributed by atoms with Gasteiger partial charge in [-0.3, -0.25) is 4.79 Å². The molecular weight excluding hydrogens is 262 g/mol. The third-order valence-electron chi connectivity index (χ3n) is 3.87. The van der Waals surface area contributed by atoms with E-state index in [2.05, 4.69) is 4.98 Å². The number of nitrogens with two attached hydrogens (primary N) is 1. The summed E-state index contributed by atoms with van der Waals surface area (Å²) in [5.74, 6) is 0.0592. The minimum atomic E-state index is 0.0592. The van der Waals surface area contributed by atoms with Gasteiger partial charge < -0.3 is 15.6 Å². The highest BCUT2D eigenvalue weighted by molar-refractivity contribution is 5.92. The van der Waals surface area contributed by atoms with Crippen LogP contribution in [0.25, 0.3) is 6.08 Å². The van der Waals surface area contributed by atoms with Crippen molar-refractivity contribution in [3.05, 3.63) is 59.9 Å². The predicted molar refractivity (Wildman–Crippen MR) is 84.4 cm³/mol. The first-order valence-electron chi connectivity index (χ1n) is 7.21. The molecule has 1 amide bonds. The monoisotopic (exact) mass is 281 g/mol. The molecule has 1 fully saturated rings. The standard InChI is InChI=1S/C17H19N3O/c18-14-8-5-13(6-9-14)7-10-17(21)20-12-2-4-16(20)15-3-1-11-19-15/h1,3,5-11,16,19H,2,4,12,18H2/b10-7+. The summed E-state index contributed by atoms with van der Waals surface area (Å²) in [6.45, 7) is 0.814. The Labute approximate surface area is 124 Å². The molecule has 0 aliphatic carbocycles. The van der Waals surface area contributed by atoms with Gasteiger partial charge in [0.2, 0.25) is 5.91 Å². The fourth-order valence-electron chi connectivity index (χ4n) is 2.78. The van der Waals surface area contributed by atoms with Crippen molar-refractivity contribution in [2.75, 3.05) is 12.3 Å². The SMILES string of the molecule is Nc1ccc(/C=C/C(=O)N2CCCC2c2ccc[nH]2)cc1. The molecule has 1 saturated heterocycles.